The number of esters is 1. The summed E-state index contributed by atoms with van der Waals surface area (Å²) < 4.78 is 5.33. The quantitative estimate of drug-likeness (QED) is 0.816. The summed E-state index contributed by atoms with van der Waals surface area (Å²) in [5.74, 6) is -0.518. The molecule has 0 saturated heterocycles. The summed E-state index contributed by atoms with van der Waals surface area (Å²) in [4.78, 5) is 15.5. The van der Waals surface area contributed by atoms with Gasteiger partial charge >= 0.3 is 5.97 Å². The van der Waals surface area contributed by atoms with E-state index in [1.165, 1.54) is 13.2 Å². The van der Waals surface area contributed by atoms with Crippen molar-refractivity contribution >= 4 is 32.8 Å². The number of methoxy groups -OCH3 is 1. The van der Waals surface area contributed by atoms with Gasteiger partial charge in [0.1, 0.15) is 0 Å². The van der Waals surface area contributed by atoms with Crippen LogP contribution >= 0.6 is 15.9 Å². The molecule has 16 heavy (non-hydrogen) atoms. The molecule has 0 atom stereocenters. The van der Waals surface area contributed by atoms with Crippen LogP contribution in [-0.4, -0.2) is 23.2 Å². The first-order chi connectivity index (χ1) is 7.63. The van der Waals surface area contributed by atoms with E-state index >= 15 is 0 Å². The Morgan fingerprint density at radius 3 is 2.81 bits per heavy atom. The summed E-state index contributed by atoms with van der Waals surface area (Å²) in [7, 11) is 1.32. The Bertz CT molecular complexity index is 568. The maximum Gasteiger partial charge on any atom is 0.339 e. The van der Waals surface area contributed by atoms with Crippen molar-refractivity contribution in [1.29, 1.82) is 0 Å². The zero-order valence-corrected chi connectivity index (χ0v) is 9.98. The van der Waals surface area contributed by atoms with E-state index in [0.29, 0.717) is 20.9 Å². The molecule has 0 unspecified atom stereocenters. The third-order valence-electron chi connectivity index (χ3n) is 2.20. The molecular weight excluding hydrogens is 274 g/mol. The number of nitrogens with zero attached hydrogens (tertiary/aromatic N) is 1. The Balaban J connectivity index is 2.79. The van der Waals surface area contributed by atoms with Crippen molar-refractivity contribution < 1.29 is 14.6 Å². The van der Waals surface area contributed by atoms with Gasteiger partial charge in [0.05, 0.1) is 18.2 Å². The van der Waals surface area contributed by atoms with Crippen molar-refractivity contribution in [3.8, 4) is 5.88 Å². The normalized spacial score (nSPS) is 10.4. The van der Waals surface area contributed by atoms with E-state index in [1.54, 1.807) is 18.2 Å². The predicted molar refractivity (Wildman–Crippen MR) is 62.4 cm³/mol. The van der Waals surface area contributed by atoms with Gasteiger partial charge in [-0.3, -0.25) is 0 Å². The van der Waals surface area contributed by atoms with Crippen molar-refractivity contribution in [3.63, 3.8) is 0 Å². The second-order valence-electron chi connectivity index (χ2n) is 3.15. The molecule has 0 amide bonds. The molecule has 2 rings (SSSR count). The van der Waals surface area contributed by atoms with E-state index in [-0.39, 0.29) is 5.88 Å². The highest BCUT2D eigenvalue weighted by Crippen LogP contribution is 2.27. The molecule has 0 aliphatic rings. The Labute approximate surface area is 100.0 Å². The molecule has 4 nitrogen and oxygen atoms in total. The molecule has 1 N–H and O–H groups in total. The molecule has 5 heteroatoms. The largest absolute Gasteiger partial charge is 0.493 e. The standard InChI is InChI=1S/C11H8BrNO3/c1-16-11(15)10-6-2-5-9(14)13-8(6)4-3-7(10)12/h2-5H,1H3,(H,13,14). The van der Waals surface area contributed by atoms with Gasteiger partial charge in [-0.1, -0.05) is 0 Å². The van der Waals surface area contributed by atoms with Crippen molar-refractivity contribution in [2.75, 3.05) is 7.11 Å². The molecule has 0 fully saturated rings. The fourth-order valence-electron chi connectivity index (χ4n) is 1.48. The summed E-state index contributed by atoms with van der Waals surface area (Å²) in [6.07, 6.45) is 0. The number of aromatic nitrogens is 1. The minimum atomic E-state index is -0.440. The lowest BCUT2D eigenvalue weighted by Gasteiger charge is -2.06. The van der Waals surface area contributed by atoms with Crippen molar-refractivity contribution in [2.45, 2.75) is 0 Å². The van der Waals surface area contributed by atoms with Crippen molar-refractivity contribution in [2.24, 2.45) is 0 Å². The van der Waals surface area contributed by atoms with Crippen molar-refractivity contribution in [3.05, 3.63) is 34.3 Å². The van der Waals surface area contributed by atoms with Gasteiger partial charge in [0.15, 0.2) is 0 Å². The van der Waals surface area contributed by atoms with Gasteiger partial charge in [-0.2, -0.15) is 0 Å². The maximum absolute atomic E-state index is 11.6. The monoisotopic (exact) mass is 281 g/mol. The van der Waals surface area contributed by atoms with Crippen LogP contribution in [0.15, 0.2) is 28.7 Å². The Kier molecular flexibility index (Phi) is 2.78. The zero-order chi connectivity index (χ0) is 11.7. The molecule has 0 spiro atoms. The van der Waals surface area contributed by atoms with E-state index in [4.69, 9.17) is 4.74 Å². The number of hydrogen-bond acceptors (Lipinski definition) is 4. The van der Waals surface area contributed by atoms with Crippen LogP contribution in [0, 0.1) is 0 Å². The minimum absolute atomic E-state index is 0.0781. The van der Waals surface area contributed by atoms with Crippen LogP contribution < -0.4 is 0 Å². The molecule has 2 aromatic rings. The van der Waals surface area contributed by atoms with Crippen LogP contribution in [0.5, 0.6) is 5.88 Å². The average Bonchev–Trinajstić information content (AvgIpc) is 2.28. The number of benzene rings is 1. The molecule has 0 saturated carbocycles. The van der Waals surface area contributed by atoms with Crippen LogP contribution in [-0.2, 0) is 4.74 Å². The van der Waals surface area contributed by atoms with Gasteiger partial charge in [0.2, 0.25) is 5.88 Å². The number of carbonyl (C=O) groups is 1. The molecule has 82 valence electrons. The molecule has 1 aromatic carbocycles. The molecule has 0 bridgehead atoms. The van der Waals surface area contributed by atoms with E-state index in [2.05, 4.69) is 20.9 Å². The summed E-state index contributed by atoms with van der Waals surface area (Å²) in [5.41, 5.74) is 0.955. The van der Waals surface area contributed by atoms with Crippen LogP contribution in [0.2, 0.25) is 0 Å². The predicted octanol–water partition coefficient (Wildman–Crippen LogP) is 2.49. The van der Waals surface area contributed by atoms with Crippen LogP contribution in [0.1, 0.15) is 10.4 Å². The number of hydrogen-bond donors (Lipinski definition) is 1. The second-order valence-corrected chi connectivity index (χ2v) is 4.00. The summed E-state index contributed by atoms with van der Waals surface area (Å²) in [6, 6.07) is 6.47. The smallest absolute Gasteiger partial charge is 0.339 e. The Morgan fingerprint density at radius 1 is 1.38 bits per heavy atom. The first kappa shape index (κ1) is 10.9. The second kappa shape index (κ2) is 4.09. The van der Waals surface area contributed by atoms with Crippen LogP contribution in [0.25, 0.3) is 10.9 Å². The van der Waals surface area contributed by atoms with Crippen molar-refractivity contribution in [1.82, 2.24) is 4.98 Å². The van der Waals surface area contributed by atoms with Crippen LogP contribution in [0.4, 0.5) is 0 Å². The molecule has 1 aromatic heterocycles. The first-order valence-electron chi connectivity index (χ1n) is 4.50. The molecule has 0 aliphatic heterocycles. The van der Waals surface area contributed by atoms with Crippen LogP contribution in [0.3, 0.4) is 0 Å². The molecule has 0 radical (unpaired) electrons. The number of halogens is 1. The number of rotatable bonds is 1. The summed E-state index contributed by atoms with van der Waals surface area (Å²) in [5, 5.41) is 9.89. The summed E-state index contributed by atoms with van der Waals surface area (Å²) >= 11 is 3.29. The lowest BCUT2D eigenvalue weighted by atomic mass is 10.1. The average molecular weight is 282 g/mol. The molecule has 0 aliphatic carbocycles. The lowest BCUT2D eigenvalue weighted by Crippen LogP contribution is -2.03. The number of carbonyl (C=O) groups excluding carboxylic acids is 1. The number of ether oxygens (including phenoxy) is 1. The first-order valence-corrected chi connectivity index (χ1v) is 5.29. The third-order valence-corrected chi connectivity index (χ3v) is 2.86. The highest BCUT2D eigenvalue weighted by atomic mass is 79.9. The minimum Gasteiger partial charge on any atom is -0.493 e. The molecular formula is C11H8BrNO3. The van der Waals surface area contributed by atoms with Gasteiger partial charge in [0.25, 0.3) is 0 Å². The van der Waals surface area contributed by atoms with Gasteiger partial charge in [-0.05, 0) is 34.1 Å². The van der Waals surface area contributed by atoms with E-state index < -0.39 is 5.97 Å². The highest BCUT2D eigenvalue weighted by molar-refractivity contribution is 9.10. The summed E-state index contributed by atoms with van der Waals surface area (Å²) in [6.45, 7) is 0. The highest BCUT2D eigenvalue weighted by Gasteiger charge is 2.15. The van der Waals surface area contributed by atoms with Gasteiger partial charge in [0, 0.05) is 15.9 Å². The van der Waals surface area contributed by atoms with E-state index in [1.807, 2.05) is 0 Å². The maximum atomic E-state index is 11.6. The Hall–Kier alpha value is -1.62. The SMILES string of the molecule is COC(=O)c1c(Br)ccc2nc(O)ccc12. The van der Waals surface area contributed by atoms with E-state index in [9.17, 15) is 9.90 Å². The molecule has 1 heterocycles. The number of aromatic hydroxyl groups is 1. The Morgan fingerprint density at radius 2 is 2.12 bits per heavy atom. The third kappa shape index (κ3) is 1.74. The fraction of sp³-hybridized carbons (Fsp3) is 0.0909. The van der Waals surface area contributed by atoms with Gasteiger partial charge in [-0.15, -0.1) is 0 Å². The fourth-order valence-corrected chi connectivity index (χ4v) is 1.98. The lowest BCUT2D eigenvalue weighted by molar-refractivity contribution is 0.0602. The number of pyridine rings is 1. The van der Waals surface area contributed by atoms with E-state index in [0.717, 1.165) is 0 Å². The van der Waals surface area contributed by atoms with Gasteiger partial charge < -0.3 is 9.84 Å². The number of fused-ring (bicyclic) bond motifs is 1. The zero-order valence-electron chi connectivity index (χ0n) is 8.40. The topological polar surface area (TPSA) is 59.4 Å². The van der Waals surface area contributed by atoms with Gasteiger partial charge in [-0.25, -0.2) is 9.78 Å².